The molecule has 100 valence electrons. The van der Waals surface area contributed by atoms with Gasteiger partial charge in [0, 0.05) is 0 Å². The van der Waals surface area contributed by atoms with Gasteiger partial charge in [-0.15, -0.1) is 0 Å². The first kappa shape index (κ1) is 13.4. The lowest BCUT2D eigenvalue weighted by Crippen LogP contribution is -2.37. The molecule has 1 aliphatic carbocycles. The Morgan fingerprint density at radius 1 is 1.39 bits per heavy atom. The van der Waals surface area contributed by atoms with Gasteiger partial charge in [-0.05, 0) is 50.3 Å². The molecule has 0 bridgehead atoms. The van der Waals surface area contributed by atoms with Crippen molar-refractivity contribution >= 4 is 0 Å². The summed E-state index contributed by atoms with van der Waals surface area (Å²) >= 11 is 0. The Hall–Kier alpha value is -1.06. The average molecular weight is 250 g/mol. The molecule has 1 aromatic carbocycles. The molecule has 1 saturated carbocycles. The lowest BCUT2D eigenvalue weighted by atomic mass is 10.0. The predicted molar refractivity (Wildman–Crippen MR) is 70.6 cm³/mol. The van der Waals surface area contributed by atoms with E-state index in [1.165, 1.54) is 0 Å². The summed E-state index contributed by atoms with van der Waals surface area (Å²) in [4.78, 5) is 0. The van der Waals surface area contributed by atoms with E-state index in [1.807, 2.05) is 38.1 Å². The smallest absolute Gasteiger partial charge is 0.127 e. The fraction of sp³-hybridized carbons (Fsp3) is 0.600. The van der Waals surface area contributed by atoms with Crippen LogP contribution in [0.3, 0.4) is 0 Å². The van der Waals surface area contributed by atoms with Crippen LogP contribution >= 0.6 is 0 Å². The van der Waals surface area contributed by atoms with Gasteiger partial charge in [-0.25, -0.2) is 0 Å². The lowest BCUT2D eigenvalue weighted by Gasteiger charge is -2.26. The fourth-order valence-electron chi connectivity index (χ4n) is 2.47. The Bertz CT molecular complexity index is 383. The van der Waals surface area contributed by atoms with Crippen molar-refractivity contribution in [2.45, 2.75) is 57.3 Å². The number of rotatable bonds is 4. The summed E-state index contributed by atoms with van der Waals surface area (Å²) in [5.41, 5.74) is 0.185. The van der Waals surface area contributed by atoms with Crippen LogP contribution in [0.1, 0.15) is 51.2 Å². The summed E-state index contributed by atoms with van der Waals surface area (Å²) in [6.07, 6.45) is 2.87. The van der Waals surface area contributed by atoms with Gasteiger partial charge in [-0.2, -0.15) is 0 Å². The third-order valence-corrected chi connectivity index (χ3v) is 3.77. The summed E-state index contributed by atoms with van der Waals surface area (Å²) in [6, 6.07) is 7.49. The van der Waals surface area contributed by atoms with E-state index in [0.717, 1.165) is 30.6 Å². The normalized spacial score (nSPS) is 29.2. The summed E-state index contributed by atoms with van der Waals surface area (Å²) in [7, 11) is 0. The molecule has 0 saturated heterocycles. The number of benzene rings is 1. The molecule has 0 radical (unpaired) electrons. The minimum atomic E-state index is -0.721. The maximum Gasteiger partial charge on any atom is 0.127 e. The third kappa shape index (κ3) is 2.85. The van der Waals surface area contributed by atoms with E-state index < -0.39 is 11.7 Å². The van der Waals surface area contributed by atoms with Crippen LogP contribution < -0.4 is 4.74 Å². The molecule has 0 heterocycles. The zero-order valence-corrected chi connectivity index (χ0v) is 11.1. The number of aliphatic hydroxyl groups excluding tert-OH is 1. The summed E-state index contributed by atoms with van der Waals surface area (Å²) in [5, 5.41) is 19.8. The molecule has 3 atom stereocenters. The lowest BCUT2D eigenvalue weighted by molar-refractivity contribution is -0.0252. The van der Waals surface area contributed by atoms with Crippen molar-refractivity contribution in [1.29, 1.82) is 0 Å². The molecular weight excluding hydrogens is 228 g/mol. The fourth-order valence-corrected chi connectivity index (χ4v) is 2.47. The molecule has 1 aromatic rings. The van der Waals surface area contributed by atoms with Crippen molar-refractivity contribution in [2.75, 3.05) is 0 Å². The summed E-state index contributed by atoms with van der Waals surface area (Å²) in [6.45, 7) is 3.78. The third-order valence-electron chi connectivity index (χ3n) is 3.77. The van der Waals surface area contributed by atoms with E-state index in [0.29, 0.717) is 6.42 Å². The van der Waals surface area contributed by atoms with Gasteiger partial charge in [-0.1, -0.05) is 19.1 Å². The van der Waals surface area contributed by atoms with Crippen LogP contribution in [0, 0.1) is 0 Å². The molecule has 3 heteroatoms. The minimum absolute atomic E-state index is 0.126. The number of aliphatic hydroxyl groups is 2. The van der Waals surface area contributed by atoms with E-state index in [1.54, 1.807) is 0 Å². The molecule has 0 aliphatic heterocycles. The SMILES string of the molecule is CCC(O)c1ccc(OC2CCCC2(C)O)cc1. The van der Waals surface area contributed by atoms with Gasteiger partial charge < -0.3 is 14.9 Å². The quantitative estimate of drug-likeness (QED) is 0.864. The Labute approximate surface area is 108 Å². The van der Waals surface area contributed by atoms with Crippen molar-refractivity contribution in [2.24, 2.45) is 0 Å². The molecular formula is C15H22O3. The highest BCUT2D eigenvalue weighted by Gasteiger charge is 2.38. The van der Waals surface area contributed by atoms with Crippen LogP contribution in [0.5, 0.6) is 5.75 Å². The molecule has 1 aliphatic rings. The maximum atomic E-state index is 10.1. The summed E-state index contributed by atoms with van der Waals surface area (Å²) in [5.74, 6) is 0.759. The molecule has 0 aromatic heterocycles. The number of hydrogen-bond acceptors (Lipinski definition) is 3. The van der Waals surface area contributed by atoms with Crippen LogP contribution in [-0.4, -0.2) is 21.9 Å². The molecule has 2 rings (SSSR count). The first-order valence-corrected chi connectivity index (χ1v) is 6.70. The Kier molecular flexibility index (Phi) is 3.93. The van der Waals surface area contributed by atoms with E-state index >= 15 is 0 Å². The van der Waals surface area contributed by atoms with Crippen LogP contribution in [0.25, 0.3) is 0 Å². The number of ether oxygens (including phenoxy) is 1. The van der Waals surface area contributed by atoms with Crippen molar-refractivity contribution < 1.29 is 14.9 Å². The Balaban J connectivity index is 2.02. The molecule has 18 heavy (non-hydrogen) atoms. The van der Waals surface area contributed by atoms with Gasteiger partial charge in [0.1, 0.15) is 11.9 Å². The van der Waals surface area contributed by atoms with Crippen molar-refractivity contribution in [3.63, 3.8) is 0 Å². The standard InChI is InChI=1S/C15H22O3/c1-3-13(16)11-6-8-12(9-7-11)18-14-5-4-10-15(14,2)17/h6-9,13-14,16-17H,3-5,10H2,1-2H3. The second-order valence-corrected chi connectivity index (χ2v) is 5.35. The molecule has 1 fully saturated rings. The topological polar surface area (TPSA) is 49.7 Å². The second-order valence-electron chi connectivity index (χ2n) is 5.35. The van der Waals surface area contributed by atoms with Gasteiger partial charge in [0.15, 0.2) is 0 Å². The molecule has 0 amide bonds. The Morgan fingerprint density at radius 3 is 2.56 bits per heavy atom. The first-order valence-electron chi connectivity index (χ1n) is 6.70. The van der Waals surface area contributed by atoms with E-state index in [2.05, 4.69) is 0 Å². The maximum absolute atomic E-state index is 10.1. The largest absolute Gasteiger partial charge is 0.487 e. The van der Waals surface area contributed by atoms with Crippen LogP contribution in [-0.2, 0) is 0 Å². The predicted octanol–water partition coefficient (Wildman–Crippen LogP) is 2.81. The average Bonchev–Trinajstić information content (AvgIpc) is 2.69. The van der Waals surface area contributed by atoms with E-state index in [9.17, 15) is 10.2 Å². The van der Waals surface area contributed by atoms with Crippen LogP contribution in [0.15, 0.2) is 24.3 Å². The molecule has 3 unspecified atom stereocenters. The molecule has 2 N–H and O–H groups in total. The van der Waals surface area contributed by atoms with E-state index in [4.69, 9.17) is 4.74 Å². The van der Waals surface area contributed by atoms with Gasteiger partial charge >= 0.3 is 0 Å². The highest BCUT2D eigenvalue weighted by Crippen LogP contribution is 2.33. The van der Waals surface area contributed by atoms with Gasteiger partial charge in [-0.3, -0.25) is 0 Å². The van der Waals surface area contributed by atoms with E-state index in [-0.39, 0.29) is 6.10 Å². The van der Waals surface area contributed by atoms with Gasteiger partial charge in [0.2, 0.25) is 0 Å². The highest BCUT2D eigenvalue weighted by atomic mass is 16.5. The first-order chi connectivity index (χ1) is 8.53. The van der Waals surface area contributed by atoms with Crippen molar-refractivity contribution in [3.8, 4) is 5.75 Å². The molecule has 0 spiro atoms. The minimum Gasteiger partial charge on any atom is -0.487 e. The van der Waals surface area contributed by atoms with Crippen molar-refractivity contribution in [3.05, 3.63) is 29.8 Å². The zero-order chi connectivity index (χ0) is 13.2. The highest BCUT2D eigenvalue weighted by molar-refractivity contribution is 5.29. The number of hydrogen-bond donors (Lipinski definition) is 2. The van der Waals surface area contributed by atoms with Gasteiger partial charge in [0.05, 0.1) is 11.7 Å². The summed E-state index contributed by atoms with van der Waals surface area (Å²) < 4.78 is 5.83. The van der Waals surface area contributed by atoms with Crippen molar-refractivity contribution in [1.82, 2.24) is 0 Å². The van der Waals surface area contributed by atoms with Gasteiger partial charge in [0.25, 0.3) is 0 Å². The second kappa shape index (κ2) is 5.29. The monoisotopic (exact) mass is 250 g/mol. The van der Waals surface area contributed by atoms with Crippen LogP contribution in [0.4, 0.5) is 0 Å². The van der Waals surface area contributed by atoms with Crippen LogP contribution in [0.2, 0.25) is 0 Å². The molecule has 3 nitrogen and oxygen atoms in total. The Morgan fingerprint density at radius 2 is 2.06 bits per heavy atom. The zero-order valence-electron chi connectivity index (χ0n) is 11.1.